The molecular formula is C23H39NSiTi. The minimum absolute atomic E-state index is 0.171. The van der Waals surface area contributed by atoms with Gasteiger partial charge >= 0.3 is 163 Å². The average molecular weight is 406 g/mol. The van der Waals surface area contributed by atoms with Crippen molar-refractivity contribution >= 4 is 12.3 Å². The molecule has 1 nitrogen and oxygen atoms in total. The predicted molar refractivity (Wildman–Crippen MR) is 116 cm³/mol. The van der Waals surface area contributed by atoms with Gasteiger partial charge in [-0.25, -0.2) is 0 Å². The van der Waals surface area contributed by atoms with Crippen LogP contribution in [0.1, 0.15) is 68.0 Å². The molecule has 3 heteroatoms. The van der Waals surface area contributed by atoms with E-state index >= 15 is 0 Å². The minimum atomic E-state index is -2.97. The molecule has 2 aliphatic rings. The molecule has 0 aliphatic heterocycles. The second-order valence-corrected chi connectivity index (χ2v) is 34.0. The van der Waals surface area contributed by atoms with Crippen LogP contribution < -0.4 is 3.80 Å². The van der Waals surface area contributed by atoms with Crippen LogP contribution in [0.15, 0.2) is 17.7 Å². The Morgan fingerprint density at radius 2 is 1.73 bits per heavy atom. The molecule has 0 fully saturated rings. The van der Waals surface area contributed by atoms with Crippen molar-refractivity contribution in [3.05, 3.63) is 40.0 Å². The number of rotatable bonds is 2. The van der Waals surface area contributed by atoms with E-state index in [2.05, 4.69) is 87.1 Å². The maximum atomic E-state index is 4.30. The van der Waals surface area contributed by atoms with E-state index in [1.807, 2.05) is 0 Å². The van der Waals surface area contributed by atoms with Gasteiger partial charge < -0.3 is 0 Å². The molecule has 26 heavy (non-hydrogen) atoms. The van der Waals surface area contributed by atoms with E-state index in [1.165, 1.54) is 12.8 Å². The van der Waals surface area contributed by atoms with Gasteiger partial charge in [-0.15, -0.1) is 0 Å². The summed E-state index contributed by atoms with van der Waals surface area (Å²) in [6, 6.07) is 4.96. The molecule has 0 bridgehead atoms. The number of fused-ring (bicyclic) bond motifs is 3. The molecular weight excluding hydrogens is 366 g/mol. The normalized spacial score (nSPS) is 22.1. The Balaban J connectivity index is 2.23. The SMILES string of the molecule is CC1=Cc2c(ccc3c2CC(C)(C)C3)[CH]1[Ti]([CH3])([CH3])([NH]C(C)(C)C)=[Si](C)C. The first-order valence-electron chi connectivity index (χ1n) is 10.3. The summed E-state index contributed by atoms with van der Waals surface area (Å²) in [5.74, 6) is 0. The van der Waals surface area contributed by atoms with Gasteiger partial charge in [-0.2, -0.15) is 0 Å². The molecule has 3 rings (SSSR count). The quantitative estimate of drug-likeness (QED) is 0.546. The van der Waals surface area contributed by atoms with Crippen molar-refractivity contribution < 1.29 is 14.3 Å². The van der Waals surface area contributed by atoms with Gasteiger partial charge in [0.2, 0.25) is 0 Å². The van der Waals surface area contributed by atoms with Crippen molar-refractivity contribution in [2.75, 3.05) is 0 Å². The molecule has 2 aliphatic carbocycles. The fraction of sp³-hybridized carbons (Fsp3) is 0.652. The van der Waals surface area contributed by atoms with E-state index in [0.29, 0.717) is 9.64 Å². The zero-order chi connectivity index (χ0) is 19.7. The van der Waals surface area contributed by atoms with E-state index < -0.39 is 20.5 Å². The number of allylic oxidation sites excluding steroid dienone is 1. The first-order valence-corrected chi connectivity index (χ1v) is 19.9. The predicted octanol–water partition coefficient (Wildman–Crippen LogP) is 6.61. The molecule has 1 N–H and O–H groups in total. The van der Waals surface area contributed by atoms with E-state index in [9.17, 15) is 0 Å². The Morgan fingerprint density at radius 3 is 2.27 bits per heavy atom. The van der Waals surface area contributed by atoms with Gasteiger partial charge in [0, 0.05) is 0 Å². The molecule has 0 saturated carbocycles. The summed E-state index contributed by atoms with van der Waals surface area (Å²) in [5.41, 5.74) is 8.69. The Morgan fingerprint density at radius 1 is 1.12 bits per heavy atom. The van der Waals surface area contributed by atoms with Crippen LogP contribution in [0.3, 0.4) is 0 Å². The second kappa shape index (κ2) is 5.92. The molecule has 144 valence electrons. The summed E-state index contributed by atoms with van der Waals surface area (Å²) < 4.78 is 4.94. The second-order valence-electron chi connectivity index (χ2n) is 11.9. The van der Waals surface area contributed by atoms with E-state index in [0.717, 1.165) is 0 Å². The third kappa shape index (κ3) is 3.26. The summed E-state index contributed by atoms with van der Waals surface area (Å²) in [4.78, 5) is 0. The molecule has 0 amide bonds. The number of nitrogens with one attached hydrogen (secondary N) is 1. The summed E-state index contributed by atoms with van der Waals surface area (Å²) >= 11 is -2.97. The van der Waals surface area contributed by atoms with Crippen molar-refractivity contribution in [3.63, 3.8) is 0 Å². The summed E-state index contributed by atoms with van der Waals surface area (Å²) in [6.45, 7) is 19.4. The molecule has 0 saturated heterocycles. The molecule has 0 aromatic heterocycles. The molecule has 0 radical (unpaired) electrons. The van der Waals surface area contributed by atoms with Crippen molar-refractivity contribution in [1.82, 2.24) is 3.80 Å². The first-order chi connectivity index (χ1) is 11.6. The molecule has 1 unspecified atom stereocenters. The van der Waals surface area contributed by atoms with Crippen LogP contribution in [0.25, 0.3) is 6.08 Å². The van der Waals surface area contributed by atoms with E-state index in [-0.39, 0.29) is 5.54 Å². The summed E-state index contributed by atoms with van der Waals surface area (Å²) in [6.07, 6.45) is 4.57. The topological polar surface area (TPSA) is 12.0 Å². The zero-order valence-corrected chi connectivity index (χ0v) is 21.3. The van der Waals surface area contributed by atoms with Gasteiger partial charge in [0.15, 0.2) is 0 Å². The van der Waals surface area contributed by atoms with Gasteiger partial charge in [0.1, 0.15) is 0 Å². The first kappa shape index (κ1) is 20.6. The monoisotopic (exact) mass is 405 g/mol. The Hall–Kier alpha value is -0.149. The summed E-state index contributed by atoms with van der Waals surface area (Å²) in [7, 11) is 0. The van der Waals surface area contributed by atoms with Crippen molar-refractivity contribution in [2.24, 2.45) is 5.41 Å². The van der Waals surface area contributed by atoms with Gasteiger partial charge in [0.25, 0.3) is 0 Å². The maximum absolute atomic E-state index is 4.30. The third-order valence-electron chi connectivity index (χ3n) is 7.11. The standard InChI is InChI=1S/C15H17.C4H10N.C2H6Si.2CH3.Ti/c1-10-6-11-4-5-12-8-15(2,3)9-14(12)13(11)7-10;1-4(2,3)5;1-3-2;;;/h4-7H,8-9H2,1-3H3;5H,1-3H3;1-2H3;2*1H3;/q;-1;;;;+1. The van der Waals surface area contributed by atoms with Crippen molar-refractivity contribution in [1.29, 1.82) is 0 Å². The summed E-state index contributed by atoms with van der Waals surface area (Å²) in [5, 5.41) is 5.37. The molecule has 1 aromatic carbocycles. The average Bonchev–Trinajstić information content (AvgIpc) is 2.91. The molecule has 1 atom stereocenters. The van der Waals surface area contributed by atoms with Crippen LogP contribution in [0, 0.1) is 5.41 Å². The van der Waals surface area contributed by atoms with Crippen molar-refractivity contribution in [3.8, 4) is 0 Å². The van der Waals surface area contributed by atoms with Crippen LogP contribution in [0.5, 0.6) is 0 Å². The Bertz CT molecular complexity index is 870. The van der Waals surface area contributed by atoms with Crippen LogP contribution >= 0.6 is 0 Å². The van der Waals surface area contributed by atoms with Gasteiger partial charge in [-0.3, -0.25) is 0 Å². The fourth-order valence-electron chi connectivity index (χ4n) is 5.93. The fourth-order valence-corrected chi connectivity index (χ4v) is 21.7. The van der Waals surface area contributed by atoms with Crippen molar-refractivity contribution in [2.45, 2.75) is 87.7 Å². The van der Waals surface area contributed by atoms with Gasteiger partial charge in [0.05, 0.1) is 0 Å². The third-order valence-corrected chi connectivity index (χ3v) is 32.6. The molecule has 0 heterocycles. The van der Waals surface area contributed by atoms with Gasteiger partial charge in [-0.05, 0) is 0 Å². The Kier molecular flexibility index (Phi) is 4.69. The van der Waals surface area contributed by atoms with E-state index in [1.54, 1.807) is 27.8 Å². The van der Waals surface area contributed by atoms with Crippen LogP contribution in [-0.2, 0) is 27.1 Å². The number of hydrogen-bond donors (Lipinski definition) is 1. The van der Waals surface area contributed by atoms with Crippen LogP contribution in [-0.4, -0.2) is 11.7 Å². The number of benzene rings is 1. The van der Waals surface area contributed by atoms with Crippen LogP contribution in [0.4, 0.5) is 0 Å². The van der Waals surface area contributed by atoms with E-state index in [4.69, 9.17) is 0 Å². The molecule has 1 aromatic rings. The molecule has 0 spiro atoms. The van der Waals surface area contributed by atoms with Crippen LogP contribution in [0.2, 0.25) is 23.6 Å². The number of hydrogen-bond acceptors (Lipinski definition) is 1. The van der Waals surface area contributed by atoms with Gasteiger partial charge in [-0.1, -0.05) is 0 Å². The Labute approximate surface area is 163 Å². The zero-order valence-electron chi connectivity index (χ0n) is 18.7.